The van der Waals surface area contributed by atoms with Crippen molar-refractivity contribution in [1.82, 2.24) is 0 Å². The van der Waals surface area contributed by atoms with E-state index in [-0.39, 0.29) is 12.1 Å². The molecule has 0 amide bonds. The van der Waals surface area contributed by atoms with Crippen LogP contribution in [0.2, 0.25) is 0 Å². The van der Waals surface area contributed by atoms with Crippen molar-refractivity contribution in [3.63, 3.8) is 0 Å². The fraction of sp³-hybridized carbons (Fsp3) is 0.789. The van der Waals surface area contributed by atoms with Gasteiger partial charge in [-0.25, -0.2) is 9.59 Å². The zero-order valence-electron chi connectivity index (χ0n) is 16.1. The molecule has 5 nitrogen and oxygen atoms in total. The molecule has 0 radical (unpaired) electrons. The van der Waals surface area contributed by atoms with Gasteiger partial charge >= 0.3 is 11.9 Å². The summed E-state index contributed by atoms with van der Waals surface area (Å²) in [4.78, 5) is 33.0. The fourth-order valence-electron chi connectivity index (χ4n) is 2.32. The molecular formula is C19H34O5. The number of carbonyl (C=O) groups is 2. The molecule has 1 unspecified atom stereocenters. The average molecular weight is 342 g/mol. The Bertz CT molecular complexity index is 406. The summed E-state index contributed by atoms with van der Waals surface area (Å²) in [5, 5.41) is 0. The molecule has 0 rings (SSSR count). The van der Waals surface area contributed by atoms with E-state index in [0.29, 0.717) is 18.3 Å². The molecule has 0 saturated heterocycles. The molecule has 140 valence electrons. The molecule has 1 atom stereocenters. The van der Waals surface area contributed by atoms with E-state index in [9.17, 15) is 9.59 Å². The highest BCUT2D eigenvalue weighted by Gasteiger charge is 2.26. The molecule has 0 aromatic carbocycles. The summed E-state index contributed by atoms with van der Waals surface area (Å²) in [5.41, 5.74) is -0.401. The predicted octanol–water partition coefficient (Wildman–Crippen LogP) is 4.74. The van der Waals surface area contributed by atoms with Crippen LogP contribution in [0.4, 0.5) is 0 Å². The molecule has 0 heterocycles. The summed E-state index contributed by atoms with van der Waals surface area (Å²) in [6, 6.07) is 0. The molecule has 0 aliphatic rings. The van der Waals surface area contributed by atoms with Crippen LogP contribution < -0.4 is 0 Å². The van der Waals surface area contributed by atoms with Gasteiger partial charge in [-0.1, -0.05) is 40.2 Å². The van der Waals surface area contributed by atoms with Crippen molar-refractivity contribution >= 4 is 11.9 Å². The largest absolute Gasteiger partial charge is 0.459 e. The predicted molar refractivity (Wildman–Crippen MR) is 94.2 cm³/mol. The third kappa shape index (κ3) is 13.1. The van der Waals surface area contributed by atoms with Crippen LogP contribution in [0, 0.1) is 5.41 Å². The van der Waals surface area contributed by atoms with E-state index in [4.69, 9.17) is 14.5 Å². The van der Waals surface area contributed by atoms with Crippen molar-refractivity contribution in [2.45, 2.75) is 91.8 Å². The summed E-state index contributed by atoms with van der Waals surface area (Å²) in [7, 11) is 0. The minimum atomic E-state index is -0.733. The molecular weight excluding hydrogens is 308 g/mol. The fourth-order valence-corrected chi connectivity index (χ4v) is 2.32. The lowest BCUT2D eigenvalue weighted by atomic mass is 9.89. The number of ether oxygens (including phenoxy) is 1. The number of hydrogen-bond acceptors (Lipinski definition) is 5. The summed E-state index contributed by atoms with van der Waals surface area (Å²) in [6.07, 6.45) is 5.57. The summed E-state index contributed by atoms with van der Waals surface area (Å²) in [6.45, 7) is 15.3. The molecule has 0 spiro atoms. The topological polar surface area (TPSA) is 61.8 Å². The monoisotopic (exact) mass is 342 g/mol. The van der Waals surface area contributed by atoms with Crippen LogP contribution in [-0.2, 0) is 24.1 Å². The Hall–Kier alpha value is -1.36. The van der Waals surface area contributed by atoms with Gasteiger partial charge in [0, 0.05) is 18.9 Å². The maximum atomic E-state index is 11.7. The Morgan fingerprint density at radius 2 is 1.71 bits per heavy atom. The number of hydrogen-bond donors (Lipinski definition) is 0. The second-order valence-electron chi connectivity index (χ2n) is 8.08. The van der Waals surface area contributed by atoms with Gasteiger partial charge in [-0.15, -0.1) is 0 Å². The zero-order valence-corrected chi connectivity index (χ0v) is 16.1. The van der Waals surface area contributed by atoms with E-state index >= 15 is 0 Å². The second-order valence-corrected chi connectivity index (χ2v) is 8.08. The van der Waals surface area contributed by atoms with Gasteiger partial charge in [0.25, 0.3) is 0 Å². The smallest absolute Gasteiger partial charge is 0.342 e. The Balaban J connectivity index is 3.94. The lowest BCUT2D eigenvalue weighted by molar-refractivity contribution is -0.329. The maximum Gasteiger partial charge on any atom is 0.342 e. The molecule has 0 aromatic rings. The minimum Gasteiger partial charge on any atom is -0.459 e. The molecule has 24 heavy (non-hydrogen) atoms. The molecule has 0 bridgehead atoms. The Morgan fingerprint density at radius 1 is 1.08 bits per heavy atom. The second kappa shape index (κ2) is 10.5. The number of esters is 1. The van der Waals surface area contributed by atoms with Crippen molar-refractivity contribution in [2.75, 3.05) is 0 Å². The van der Waals surface area contributed by atoms with E-state index in [2.05, 4.69) is 27.4 Å². The lowest BCUT2D eigenvalue weighted by Gasteiger charge is -2.25. The highest BCUT2D eigenvalue weighted by molar-refractivity contribution is 5.81. The highest BCUT2D eigenvalue weighted by atomic mass is 17.2. The SMILES string of the molecule is C=CC(=O)OC(C)CC(C)(C)OOC(=O)CCCCCC(C)(C)C. The van der Waals surface area contributed by atoms with Gasteiger partial charge in [-0.3, -0.25) is 4.89 Å². The Kier molecular flexibility index (Phi) is 9.90. The van der Waals surface area contributed by atoms with Gasteiger partial charge in [-0.2, -0.15) is 4.89 Å². The van der Waals surface area contributed by atoms with Crippen molar-refractivity contribution in [1.29, 1.82) is 0 Å². The third-order valence-corrected chi connectivity index (χ3v) is 3.43. The average Bonchev–Trinajstić information content (AvgIpc) is 2.42. The third-order valence-electron chi connectivity index (χ3n) is 3.43. The molecule has 0 saturated carbocycles. The van der Waals surface area contributed by atoms with Gasteiger partial charge in [0.15, 0.2) is 0 Å². The van der Waals surface area contributed by atoms with Crippen molar-refractivity contribution < 1.29 is 24.1 Å². The normalized spacial score (nSPS) is 13.2. The highest BCUT2D eigenvalue weighted by Crippen LogP contribution is 2.23. The first kappa shape index (κ1) is 22.6. The van der Waals surface area contributed by atoms with Crippen molar-refractivity contribution in [3.8, 4) is 0 Å². The molecule has 5 heteroatoms. The standard InChI is InChI=1S/C19H34O5/c1-8-16(20)22-15(2)14-19(6,7)24-23-17(21)12-10-9-11-13-18(3,4)5/h8,15H,1,9-14H2,2-7H3. The first-order chi connectivity index (χ1) is 10.9. The van der Waals surface area contributed by atoms with Crippen molar-refractivity contribution in [2.24, 2.45) is 5.41 Å². The van der Waals surface area contributed by atoms with Crippen LogP contribution in [0.5, 0.6) is 0 Å². The first-order valence-corrected chi connectivity index (χ1v) is 8.67. The Morgan fingerprint density at radius 3 is 2.25 bits per heavy atom. The molecule has 0 fully saturated rings. The van der Waals surface area contributed by atoms with Gasteiger partial charge in [0.1, 0.15) is 11.7 Å². The van der Waals surface area contributed by atoms with Crippen LogP contribution in [0.25, 0.3) is 0 Å². The summed E-state index contributed by atoms with van der Waals surface area (Å²) < 4.78 is 5.08. The number of unbranched alkanes of at least 4 members (excludes halogenated alkanes) is 2. The number of rotatable bonds is 11. The van der Waals surface area contributed by atoms with E-state index < -0.39 is 11.6 Å². The van der Waals surface area contributed by atoms with E-state index in [1.54, 1.807) is 20.8 Å². The lowest BCUT2D eigenvalue weighted by Crippen LogP contribution is -2.32. The minimum absolute atomic E-state index is 0.333. The molecule has 0 N–H and O–H groups in total. The summed E-state index contributed by atoms with van der Waals surface area (Å²) in [5.74, 6) is -0.847. The molecule has 0 aliphatic heterocycles. The van der Waals surface area contributed by atoms with Crippen LogP contribution in [0.3, 0.4) is 0 Å². The van der Waals surface area contributed by atoms with E-state index in [1.807, 2.05) is 0 Å². The van der Waals surface area contributed by atoms with Crippen LogP contribution in [0.1, 0.15) is 80.1 Å². The van der Waals surface area contributed by atoms with E-state index in [1.165, 1.54) is 0 Å². The van der Waals surface area contributed by atoms with Gasteiger partial charge in [0.2, 0.25) is 0 Å². The van der Waals surface area contributed by atoms with Crippen LogP contribution in [-0.4, -0.2) is 23.6 Å². The Labute approximate surface area is 146 Å². The van der Waals surface area contributed by atoms with Gasteiger partial charge in [0.05, 0.1) is 0 Å². The van der Waals surface area contributed by atoms with Crippen LogP contribution >= 0.6 is 0 Å². The summed E-state index contributed by atoms with van der Waals surface area (Å²) >= 11 is 0. The molecule has 0 aliphatic carbocycles. The van der Waals surface area contributed by atoms with Gasteiger partial charge < -0.3 is 4.74 Å². The van der Waals surface area contributed by atoms with Crippen molar-refractivity contribution in [3.05, 3.63) is 12.7 Å². The zero-order chi connectivity index (χ0) is 18.8. The quantitative estimate of drug-likeness (QED) is 0.178. The van der Waals surface area contributed by atoms with E-state index in [0.717, 1.165) is 31.8 Å². The maximum absolute atomic E-state index is 11.7. The molecule has 0 aromatic heterocycles. The van der Waals surface area contributed by atoms with Gasteiger partial charge in [-0.05, 0) is 39.0 Å². The van der Waals surface area contributed by atoms with Crippen LogP contribution in [0.15, 0.2) is 12.7 Å². The first-order valence-electron chi connectivity index (χ1n) is 8.67. The number of carbonyl (C=O) groups excluding carboxylic acids is 2.